The Labute approximate surface area is 170 Å². The Balaban J connectivity index is 1.71. The van der Waals surface area contributed by atoms with Crippen molar-refractivity contribution < 1.29 is 9.18 Å². The highest BCUT2D eigenvalue weighted by molar-refractivity contribution is 5.94. The van der Waals surface area contributed by atoms with Gasteiger partial charge in [0.2, 0.25) is 5.95 Å². The first-order valence-electron chi connectivity index (χ1n) is 9.38. The van der Waals surface area contributed by atoms with Gasteiger partial charge in [-0.3, -0.25) is 9.59 Å². The van der Waals surface area contributed by atoms with Gasteiger partial charge in [-0.05, 0) is 12.1 Å². The van der Waals surface area contributed by atoms with Gasteiger partial charge in [-0.2, -0.15) is 10.4 Å². The quantitative estimate of drug-likeness (QED) is 0.549. The Hall–Kier alpha value is -3.78. The van der Waals surface area contributed by atoms with Crippen LogP contribution in [0.2, 0.25) is 0 Å². The molecule has 0 unspecified atom stereocenters. The van der Waals surface area contributed by atoms with Crippen molar-refractivity contribution in [3.8, 4) is 6.07 Å². The van der Waals surface area contributed by atoms with Crippen LogP contribution in [-0.2, 0) is 6.54 Å². The van der Waals surface area contributed by atoms with Gasteiger partial charge in [0.05, 0.1) is 24.4 Å². The molecule has 154 valence electrons. The number of imidazole rings is 1. The van der Waals surface area contributed by atoms with Crippen LogP contribution in [-0.4, -0.2) is 58.9 Å². The van der Waals surface area contributed by atoms with Crippen molar-refractivity contribution in [1.29, 1.82) is 5.26 Å². The summed E-state index contributed by atoms with van der Waals surface area (Å²) in [4.78, 5) is 34.2. The molecule has 1 aliphatic heterocycles. The third-order valence-corrected chi connectivity index (χ3v) is 5.02. The summed E-state index contributed by atoms with van der Waals surface area (Å²) in [5.74, 6) is -0.680. The molecule has 2 aromatic heterocycles. The van der Waals surface area contributed by atoms with Crippen LogP contribution in [0.4, 0.5) is 10.3 Å². The zero-order valence-corrected chi connectivity index (χ0v) is 16.2. The number of H-pyrrole nitrogens is 1. The molecule has 0 spiro atoms. The molecule has 11 heteroatoms. The number of carbonyl (C=O) groups excluding carboxylic acids is 1. The highest BCUT2D eigenvalue weighted by atomic mass is 19.1. The normalized spacial score (nSPS) is 14.0. The van der Waals surface area contributed by atoms with Crippen LogP contribution in [0.1, 0.15) is 21.5 Å². The third kappa shape index (κ3) is 3.48. The molecule has 3 N–H and O–H groups in total. The first-order valence-corrected chi connectivity index (χ1v) is 9.38. The van der Waals surface area contributed by atoms with Gasteiger partial charge in [-0.1, -0.05) is 0 Å². The number of nitrogens with zero attached hydrogens (tertiary/aromatic N) is 5. The monoisotopic (exact) mass is 410 g/mol. The smallest absolute Gasteiger partial charge is 0.293 e. The van der Waals surface area contributed by atoms with Gasteiger partial charge in [0.15, 0.2) is 0 Å². The number of rotatable bonds is 4. The molecule has 1 saturated heterocycles. The molecule has 0 atom stereocenters. The largest absolute Gasteiger partial charge is 0.355 e. The number of anilines is 1. The molecule has 3 heterocycles. The van der Waals surface area contributed by atoms with E-state index in [-0.39, 0.29) is 28.8 Å². The zero-order valence-electron chi connectivity index (χ0n) is 16.2. The second-order valence-corrected chi connectivity index (χ2v) is 6.84. The van der Waals surface area contributed by atoms with Crippen molar-refractivity contribution in [3.63, 3.8) is 0 Å². The van der Waals surface area contributed by atoms with Crippen molar-refractivity contribution in [2.24, 2.45) is 0 Å². The standard InChI is InChI=1S/C19H19FN8O2/c1-22-17(29)11-6-12(8-21)13(14(20)7-11)10-28-18(30)16-15(9-24-28)25-19(26-16)27-4-2-23-3-5-27/h6-7,9,23H,2-5,10H2,1H3,(H,22,29)(H,25,26). The number of aromatic nitrogens is 4. The van der Waals surface area contributed by atoms with Crippen LogP contribution in [0.15, 0.2) is 23.1 Å². The summed E-state index contributed by atoms with van der Waals surface area (Å²) >= 11 is 0. The number of nitrogens with one attached hydrogen (secondary N) is 3. The number of piperazine rings is 1. The van der Waals surface area contributed by atoms with Crippen LogP contribution < -0.4 is 21.1 Å². The van der Waals surface area contributed by atoms with Crippen LogP contribution in [0.25, 0.3) is 11.0 Å². The summed E-state index contributed by atoms with van der Waals surface area (Å²) < 4.78 is 15.7. The van der Waals surface area contributed by atoms with Crippen molar-refractivity contribution in [2.45, 2.75) is 6.54 Å². The van der Waals surface area contributed by atoms with E-state index in [2.05, 4.69) is 25.7 Å². The minimum Gasteiger partial charge on any atom is -0.355 e. The van der Waals surface area contributed by atoms with Gasteiger partial charge in [-0.25, -0.2) is 14.1 Å². The average molecular weight is 410 g/mol. The summed E-state index contributed by atoms with van der Waals surface area (Å²) in [6.07, 6.45) is 1.43. The zero-order chi connectivity index (χ0) is 21.3. The number of benzene rings is 1. The lowest BCUT2D eigenvalue weighted by molar-refractivity contribution is 0.0962. The highest BCUT2D eigenvalue weighted by Gasteiger charge is 2.19. The lowest BCUT2D eigenvalue weighted by Gasteiger charge is -2.26. The maximum absolute atomic E-state index is 14.7. The summed E-state index contributed by atoms with van der Waals surface area (Å²) in [5.41, 5.74) is 0.190. The van der Waals surface area contributed by atoms with Crippen molar-refractivity contribution >= 4 is 22.9 Å². The summed E-state index contributed by atoms with van der Waals surface area (Å²) in [6, 6.07) is 4.21. The Morgan fingerprint density at radius 3 is 2.83 bits per heavy atom. The fourth-order valence-corrected chi connectivity index (χ4v) is 3.40. The molecule has 4 rings (SSSR count). The van der Waals surface area contributed by atoms with E-state index in [9.17, 15) is 19.2 Å². The van der Waals surface area contributed by atoms with E-state index in [0.717, 1.165) is 36.9 Å². The minimum absolute atomic E-state index is 0.0130. The fraction of sp³-hybridized carbons (Fsp3) is 0.316. The maximum Gasteiger partial charge on any atom is 0.293 e. The lowest BCUT2D eigenvalue weighted by atomic mass is 10.0. The molecular formula is C19H19FN8O2. The number of aromatic amines is 1. The Kier molecular flexibility index (Phi) is 5.16. The molecule has 0 aliphatic carbocycles. The van der Waals surface area contributed by atoms with Gasteiger partial charge in [0.25, 0.3) is 11.5 Å². The van der Waals surface area contributed by atoms with E-state index >= 15 is 0 Å². The van der Waals surface area contributed by atoms with Crippen LogP contribution in [0, 0.1) is 17.1 Å². The first-order chi connectivity index (χ1) is 14.5. The topological polar surface area (TPSA) is 132 Å². The number of amides is 1. The number of nitriles is 1. The highest BCUT2D eigenvalue weighted by Crippen LogP contribution is 2.18. The van der Waals surface area contributed by atoms with E-state index in [0.29, 0.717) is 11.5 Å². The number of fused-ring (bicyclic) bond motifs is 1. The Morgan fingerprint density at radius 2 is 2.13 bits per heavy atom. The van der Waals surface area contributed by atoms with Gasteiger partial charge >= 0.3 is 0 Å². The average Bonchev–Trinajstić information content (AvgIpc) is 3.22. The number of hydrogen-bond donors (Lipinski definition) is 3. The molecule has 30 heavy (non-hydrogen) atoms. The van der Waals surface area contributed by atoms with Gasteiger partial charge in [0.1, 0.15) is 16.9 Å². The molecular weight excluding hydrogens is 391 g/mol. The number of carbonyl (C=O) groups is 1. The SMILES string of the molecule is CNC(=O)c1cc(F)c(Cn2ncc3nc(N4CCNCC4)[nH]c3c2=O)c(C#N)c1. The molecule has 1 aromatic carbocycles. The number of halogens is 1. The molecule has 3 aromatic rings. The van der Waals surface area contributed by atoms with E-state index < -0.39 is 17.3 Å². The van der Waals surface area contributed by atoms with Crippen LogP contribution in [0.5, 0.6) is 0 Å². The van der Waals surface area contributed by atoms with E-state index in [4.69, 9.17) is 0 Å². The maximum atomic E-state index is 14.7. The summed E-state index contributed by atoms with van der Waals surface area (Å²) in [5, 5.41) is 19.1. The second-order valence-electron chi connectivity index (χ2n) is 6.84. The second kappa shape index (κ2) is 7.92. The van der Waals surface area contributed by atoms with Crippen LogP contribution in [0.3, 0.4) is 0 Å². The molecule has 1 aliphatic rings. The van der Waals surface area contributed by atoms with E-state index in [1.165, 1.54) is 19.3 Å². The van der Waals surface area contributed by atoms with Crippen molar-refractivity contribution in [2.75, 3.05) is 38.1 Å². The predicted octanol–water partition coefficient (Wildman–Crippen LogP) is -0.0521. The molecule has 0 bridgehead atoms. The predicted molar refractivity (Wildman–Crippen MR) is 107 cm³/mol. The van der Waals surface area contributed by atoms with Crippen molar-refractivity contribution in [3.05, 3.63) is 51.2 Å². The molecule has 0 radical (unpaired) electrons. The summed E-state index contributed by atoms with van der Waals surface area (Å²) in [7, 11) is 1.41. The van der Waals surface area contributed by atoms with Gasteiger partial charge in [-0.15, -0.1) is 0 Å². The van der Waals surface area contributed by atoms with Gasteiger partial charge in [0, 0.05) is 44.4 Å². The van der Waals surface area contributed by atoms with Crippen molar-refractivity contribution in [1.82, 2.24) is 30.4 Å². The van der Waals surface area contributed by atoms with Crippen LogP contribution >= 0.6 is 0 Å². The van der Waals surface area contributed by atoms with E-state index in [1.54, 1.807) is 0 Å². The molecule has 1 amide bonds. The molecule has 10 nitrogen and oxygen atoms in total. The molecule has 1 fully saturated rings. The van der Waals surface area contributed by atoms with E-state index in [1.807, 2.05) is 11.0 Å². The van der Waals surface area contributed by atoms with Gasteiger partial charge < -0.3 is 20.5 Å². The number of hydrogen-bond acceptors (Lipinski definition) is 7. The third-order valence-electron chi connectivity index (χ3n) is 5.02. The first kappa shape index (κ1) is 19.5. The molecule has 0 saturated carbocycles. The fourth-order valence-electron chi connectivity index (χ4n) is 3.40. The summed E-state index contributed by atoms with van der Waals surface area (Å²) in [6.45, 7) is 2.91. The Bertz CT molecular complexity index is 1220. The Morgan fingerprint density at radius 1 is 1.37 bits per heavy atom. The minimum atomic E-state index is -0.757. The lowest BCUT2D eigenvalue weighted by Crippen LogP contribution is -2.44.